The molecule has 11 nitrogen and oxygen atoms in total. The Labute approximate surface area is 597 Å². The second kappa shape index (κ2) is 26.0. The van der Waals surface area contributed by atoms with Gasteiger partial charge in [-0.05, 0) is 53.3 Å². The van der Waals surface area contributed by atoms with Crippen LogP contribution in [-0.4, -0.2) is 152 Å². The van der Waals surface area contributed by atoms with E-state index in [4.69, 9.17) is 0 Å². The molecule has 0 fully saturated rings. The Morgan fingerprint density at radius 1 is 0.176 bits per heavy atom. The fraction of sp³-hybridized carbons (Fsp3) is 0.967. The lowest BCUT2D eigenvalue weighted by Gasteiger charge is -2.72. The van der Waals surface area contributed by atoms with Crippen LogP contribution in [0.2, 0.25) is 0 Å². The average Bonchev–Trinajstić information content (AvgIpc) is 0.653. The van der Waals surface area contributed by atoms with Crippen molar-refractivity contribution < 1.29 is 202 Å². The highest BCUT2D eigenvalue weighted by molar-refractivity contribution is 7.55. The Morgan fingerprint density at radius 3 is 0.417 bits per heavy atom. The third kappa shape index (κ3) is 12.0. The molecule has 0 rings (SSSR count). The standard InChI is InChI=1S/C60H87F34O11P3/c1-30(2,28(95)32(5,6)36(13,14)45(61,62)47(65,66)49(69,70)51(73,74)53(77,78)55(81,82)57(85,86)59(89,90)91)34(9,10)38(17,18)42(25,106(97,98)99)40(21,22)44(27,108(103,104)105)41(23,24)43(26,107(100,101)102)39(19,20)35(11,12)31(3,4)29(96)33(7,8)37(15,16)46(63,64)48(67,68)50(71,72)52(75,76)54(79,80)56(83,84)58(87,88)60(92,93)94/h1-27H3,(H2,97,98,99)(H2,100,101,102)(H2,103,104,105)/t42-,43+,44?. The van der Waals surface area contributed by atoms with Crippen LogP contribution in [0.1, 0.15) is 187 Å². The highest BCUT2D eigenvalue weighted by Gasteiger charge is 2.99. The van der Waals surface area contributed by atoms with Gasteiger partial charge in [0, 0.05) is 32.5 Å². The highest BCUT2D eigenvalue weighted by Crippen LogP contribution is 2.86. The molecule has 0 amide bonds. The lowest BCUT2D eigenvalue weighted by molar-refractivity contribution is -0.466. The van der Waals surface area contributed by atoms with Crippen LogP contribution in [0.25, 0.3) is 0 Å². The molecule has 48 heteroatoms. The summed E-state index contributed by atoms with van der Waals surface area (Å²) in [6.07, 6.45) is -16.2. The van der Waals surface area contributed by atoms with Gasteiger partial charge in [-0.15, -0.1) is 0 Å². The smallest absolute Gasteiger partial charge is 0.324 e. The molecule has 1 unspecified atom stereocenters. The minimum absolute atomic E-state index is 0.0565. The van der Waals surface area contributed by atoms with Crippen LogP contribution in [0.15, 0.2) is 0 Å². The van der Waals surface area contributed by atoms with Gasteiger partial charge in [-0.2, -0.15) is 149 Å². The van der Waals surface area contributed by atoms with E-state index in [1.165, 1.54) is 0 Å². The van der Waals surface area contributed by atoms with Crippen molar-refractivity contribution in [2.45, 2.75) is 298 Å². The fourth-order valence-electron chi connectivity index (χ4n) is 14.9. The van der Waals surface area contributed by atoms with Crippen LogP contribution in [0.5, 0.6) is 0 Å². The maximum absolute atomic E-state index is 16.6. The third-order valence-corrected chi connectivity index (χ3v) is 34.6. The van der Waals surface area contributed by atoms with Crippen molar-refractivity contribution in [3.63, 3.8) is 0 Å². The molecule has 0 saturated heterocycles. The minimum Gasteiger partial charge on any atom is -0.324 e. The van der Waals surface area contributed by atoms with Gasteiger partial charge in [0.15, 0.2) is 0 Å². The Hall–Kier alpha value is -2.59. The number of rotatable bonds is 33. The van der Waals surface area contributed by atoms with Crippen molar-refractivity contribution in [2.75, 3.05) is 0 Å². The summed E-state index contributed by atoms with van der Waals surface area (Å²) >= 11 is 0. The first-order chi connectivity index (χ1) is 45.1. The Bertz CT molecular complexity index is 3350. The van der Waals surface area contributed by atoms with Gasteiger partial charge in [0.2, 0.25) is 0 Å². The van der Waals surface area contributed by atoms with Crippen molar-refractivity contribution in [1.29, 1.82) is 0 Å². The molecule has 0 saturated carbocycles. The van der Waals surface area contributed by atoms with Crippen LogP contribution in [0.3, 0.4) is 0 Å². The number of Topliss-reactive ketones (excluding diaryl/α,β-unsaturated/α-hetero) is 2. The molecule has 3 atom stereocenters. The number of ketones is 2. The van der Waals surface area contributed by atoms with Crippen molar-refractivity contribution >= 4 is 34.4 Å². The zero-order chi connectivity index (χ0) is 90.2. The summed E-state index contributed by atoms with van der Waals surface area (Å²) in [5.41, 5.74) is -41.5. The quantitative estimate of drug-likeness (QED) is 0.0269. The molecular formula is C60H87F34O11P3. The first kappa shape index (κ1) is 105. The molecule has 0 aliphatic heterocycles. The van der Waals surface area contributed by atoms with Gasteiger partial charge in [-0.3, -0.25) is 23.3 Å². The van der Waals surface area contributed by atoms with E-state index in [0.717, 1.165) is 0 Å². The van der Waals surface area contributed by atoms with E-state index in [0.29, 0.717) is 132 Å². The van der Waals surface area contributed by atoms with E-state index in [2.05, 4.69) is 0 Å². The Morgan fingerprint density at radius 2 is 0.287 bits per heavy atom. The summed E-state index contributed by atoms with van der Waals surface area (Å²) in [5.74, 6) is -125. The van der Waals surface area contributed by atoms with Crippen LogP contribution in [0, 0.1) is 65.0 Å². The number of halogens is 34. The van der Waals surface area contributed by atoms with Crippen molar-refractivity contribution in [3.05, 3.63) is 0 Å². The van der Waals surface area contributed by atoms with E-state index in [1.54, 1.807) is 0 Å². The average molecular weight is 1720 g/mol. The molecule has 0 aliphatic carbocycles. The number of hydrogen-bond donors (Lipinski definition) is 6. The van der Waals surface area contributed by atoms with Gasteiger partial charge in [-0.1, -0.05) is 166 Å². The molecular weight excluding hydrogens is 1640 g/mol. The summed E-state index contributed by atoms with van der Waals surface area (Å²) in [4.78, 5) is 102. The predicted molar refractivity (Wildman–Crippen MR) is 318 cm³/mol. The lowest BCUT2D eigenvalue weighted by Crippen LogP contribution is -2.76. The molecule has 0 aromatic carbocycles. The normalized spacial score (nSPS) is 18.3. The summed E-state index contributed by atoms with van der Waals surface area (Å²) in [5, 5.41) is -11.1. The molecule has 108 heavy (non-hydrogen) atoms. The summed E-state index contributed by atoms with van der Waals surface area (Å²) in [6, 6.07) is 0. The van der Waals surface area contributed by atoms with E-state index in [9.17, 15) is 118 Å². The van der Waals surface area contributed by atoms with Crippen LogP contribution in [-0.2, 0) is 23.3 Å². The van der Waals surface area contributed by atoms with Crippen LogP contribution in [0.4, 0.5) is 149 Å². The van der Waals surface area contributed by atoms with Crippen molar-refractivity contribution in [3.8, 4) is 0 Å². The largest absolute Gasteiger partial charge is 0.460 e. The van der Waals surface area contributed by atoms with E-state index in [-0.39, 0.29) is 27.7 Å². The number of carbonyl (C=O) groups is 2. The van der Waals surface area contributed by atoms with Gasteiger partial charge in [0.25, 0.3) is 0 Å². The molecule has 0 radical (unpaired) electrons. The molecule has 6 N–H and O–H groups in total. The van der Waals surface area contributed by atoms with Gasteiger partial charge in [0.1, 0.15) is 11.6 Å². The third-order valence-electron chi connectivity index (χ3n) is 27.7. The maximum Gasteiger partial charge on any atom is 0.460 e. The molecule has 0 aliphatic rings. The maximum atomic E-state index is 16.6. The summed E-state index contributed by atoms with van der Waals surface area (Å²) < 4.78 is 544. The first-order valence-corrected chi connectivity index (χ1v) is 35.6. The van der Waals surface area contributed by atoms with Crippen molar-refractivity contribution in [1.82, 2.24) is 0 Å². The highest BCUT2D eigenvalue weighted by atomic mass is 31.2. The van der Waals surface area contributed by atoms with Crippen LogP contribution < -0.4 is 0 Å². The van der Waals surface area contributed by atoms with E-state index in [1.807, 2.05) is 0 Å². The zero-order valence-electron chi connectivity index (χ0n) is 62.4. The number of carbonyl (C=O) groups excluding carboxylic acids is 2. The van der Waals surface area contributed by atoms with Gasteiger partial charge in [0.05, 0.1) is 15.5 Å². The predicted octanol–water partition coefficient (Wildman–Crippen LogP) is 22.3. The summed E-state index contributed by atoms with van der Waals surface area (Å²) in [6.45, 7) is 9.57. The molecule has 0 aromatic rings. The lowest BCUT2D eigenvalue weighted by atomic mass is 9.40. The fourth-order valence-corrected chi connectivity index (χ4v) is 20.9. The molecule has 0 spiro atoms. The second-order valence-corrected chi connectivity index (χ2v) is 40.0. The van der Waals surface area contributed by atoms with Crippen LogP contribution >= 0.6 is 22.8 Å². The topological polar surface area (TPSA) is 207 Å². The number of hydrogen-bond acceptors (Lipinski definition) is 5. The second-order valence-electron chi connectivity index (χ2n) is 34.0. The van der Waals surface area contributed by atoms with Crippen molar-refractivity contribution in [2.24, 2.45) is 65.0 Å². The molecule has 0 aromatic heterocycles. The zero-order valence-corrected chi connectivity index (χ0v) is 65.1. The minimum atomic E-state index is -9.10. The van der Waals surface area contributed by atoms with Gasteiger partial charge < -0.3 is 29.4 Å². The molecule has 0 bridgehead atoms. The first-order valence-electron chi connectivity index (χ1n) is 30.8. The summed E-state index contributed by atoms with van der Waals surface area (Å²) in [7, 11) is -20.3. The molecule has 646 valence electrons. The number of alkyl halides is 34. The monoisotopic (exact) mass is 1720 g/mol. The molecule has 0 heterocycles. The Balaban J connectivity index is 9.32. The SMILES string of the molecule is CC(C)(C(=O)C(C)(C)C(C)(C)C(C)(C)[C@@](C)(C(C)(C)C(C)(C(C)(C)[C@@](C)(C(C)(C)C(C)(C)C(C)(C)C(=O)C(C)(C)C(C)(C)C(F)(F)C(F)(F)C(F)(F)C(F)(F)C(F)(F)C(F)(F)C(F)(F)C(F)(F)F)P(=O)(O)O)P(=O)(O)O)P(=O)(O)O)C(C)(C)C(F)(F)C(F)(F)C(F)(F)C(F)(F)C(F)(F)C(F)(F)C(F)(F)C(F)(F)F. The van der Waals surface area contributed by atoms with E-state index < -0.39 is 238 Å². The van der Waals surface area contributed by atoms with Gasteiger partial charge in [-0.25, -0.2) is 0 Å². The van der Waals surface area contributed by atoms with Gasteiger partial charge >= 0.3 is 118 Å². The van der Waals surface area contributed by atoms with E-state index >= 15 is 84.4 Å². The Kier molecular flexibility index (Phi) is 25.3.